The molecule has 1 aliphatic heterocycles. The molecular formula is C17H30N2O2. The van der Waals surface area contributed by atoms with Crippen LogP contribution in [0.1, 0.15) is 59.3 Å². The van der Waals surface area contributed by atoms with E-state index in [9.17, 15) is 9.59 Å². The van der Waals surface area contributed by atoms with Crippen molar-refractivity contribution in [3.8, 4) is 0 Å². The van der Waals surface area contributed by atoms with E-state index in [1.807, 2.05) is 18.7 Å². The van der Waals surface area contributed by atoms with E-state index in [4.69, 9.17) is 0 Å². The highest BCUT2D eigenvalue weighted by molar-refractivity contribution is 5.90. The number of nitrogens with one attached hydrogen (secondary N) is 1. The summed E-state index contributed by atoms with van der Waals surface area (Å²) in [7, 11) is 0. The largest absolute Gasteiger partial charge is 0.344 e. The van der Waals surface area contributed by atoms with E-state index in [1.54, 1.807) is 0 Å². The van der Waals surface area contributed by atoms with Gasteiger partial charge < -0.3 is 10.2 Å². The van der Waals surface area contributed by atoms with Crippen molar-refractivity contribution in [2.75, 3.05) is 13.1 Å². The van der Waals surface area contributed by atoms with Crippen molar-refractivity contribution in [2.24, 2.45) is 17.8 Å². The lowest BCUT2D eigenvalue weighted by Gasteiger charge is -2.30. The Morgan fingerprint density at radius 3 is 2.48 bits per heavy atom. The maximum atomic E-state index is 12.6. The molecular weight excluding hydrogens is 264 g/mol. The quantitative estimate of drug-likeness (QED) is 0.866. The number of hydrogen-bond acceptors (Lipinski definition) is 2. The summed E-state index contributed by atoms with van der Waals surface area (Å²) in [4.78, 5) is 26.2. The maximum absolute atomic E-state index is 12.6. The van der Waals surface area contributed by atoms with Gasteiger partial charge in [-0.3, -0.25) is 9.59 Å². The van der Waals surface area contributed by atoms with Crippen molar-refractivity contribution < 1.29 is 9.59 Å². The van der Waals surface area contributed by atoms with Crippen molar-refractivity contribution in [2.45, 2.75) is 65.3 Å². The Balaban J connectivity index is 1.88. The molecule has 1 saturated carbocycles. The molecule has 2 rings (SSSR count). The van der Waals surface area contributed by atoms with Gasteiger partial charge in [0.2, 0.25) is 11.8 Å². The molecule has 1 saturated heterocycles. The SMILES string of the molecule is CC1CCC(CCN2CCC(=O)NC(C(C)C)C2=O)CC1. The summed E-state index contributed by atoms with van der Waals surface area (Å²) in [5.74, 6) is 1.90. The van der Waals surface area contributed by atoms with Gasteiger partial charge in [0.15, 0.2) is 0 Å². The lowest BCUT2D eigenvalue weighted by Crippen LogP contribution is -2.48. The standard InChI is InChI=1S/C17H30N2O2/c1-12(2)16-17(21)19(11-9-15(20)18-16)10-8-14-6-4-13(3)5-7-14/h12-14,16H,4-11H2,1-3H3,(H,18,20). The van der Waals surface area contributed by atoms with Crippen molar-refractivity contribution in [1.29, 1.82) is 0 Å². The van der Waals surface area contributed by atoms with E-state index in [0.29, 0.717) is 13.0 Å². The smallest absolute Gasteiger partial charge is 0.245 e. The van der Waals surface area contributed by atoms with Crippen LogP contribution in [-0.2, 0) is 9.59 Å². The lowest BCUT2D eigenvalue weighted by molar-refractivity contribution is -0.134. The van der Waals surface area contributed by atoms with Crippen molar-refractivity contribution in [3.63, 3.8) is 0 Å². The Kier molecular flexibility index (Phi) is 5.65. The third kappa shape index (κ3) is 4.45. The van der Waals surface area contributed by atoms with Crippen LogP contribution in [0.4, 0.5) is 0 Å². The summed E-state index contributed by atoms with van der Waals surface area (Å²) in [6.07, 6.45) is 6.79. The zero-order valence-electron chi connectivity index (χ0n) is 13.7. The Morgan fingerprint density at radius 1 is 1.19 bits per heavy atom. The van der Waals surface area contributed by atoms with Crippen LogP contribution in [0.15, 0.2) is 0 Å². The first-order valence-electron chi connectivity index (χ1n) is 8.55. The van der Waals surface area contributed by atoms with Gasteiger partial charge in [-0.1, -0.05) is 46.5 Å². The van der Waals surface area contributed by atoms with Gasteiger partial charge in [-0.15, -0.1) is 0 Å². The first-order chi connectivity index (χ1) is 9.97. The van der Waals surface area contributed by atoms with E-state index in [-0.39, 0.29) is 23.8 Å². The van der Waals surface area contributed by atoms with E-state index in [2.05, 4.69) is 12.2 Å². The minimum Gasteiger partial charge on any atom is -0.344 e. The Hall–Kier alpha value is -1.06. The molecule has 0 aromatic rings. The Bertz CT molecular complexity index is 373. The van der Waals surface area contributed by atoms with Crippen LogP contribution in [0, 0.1) is 17.8 Å². The van der Waals surface area contributed by atoms with Crippen LogP contribution in [0.25, 0.3) is 0 Å². The van der Waals surface area contributed by atoms with Gasteiger partial charge >= 0.3 is 0 Å². The van der Waals surface area contributed by atoms with Crippen molar-refractivity contribution >= 4 is 11.8 Å². The molecule has 0 radical (unpaired) electrons. The van der Waals surface area contributed by atoms with E-state index >= 15 is 0 Å². The molecule has 2 fully saturated rings. The van der Waals surface area contributed by atoms with Crippen LogP contribution in [0.2, 0.25) is 0 Å². The van der Waals surface area contributed by atoms with Gasteiger partial charge in [0, 0.05) is 19.5 Å². The molecule has 4 nitrogen and oxygen atoms in total. The molecule has 21 heavy (non-hydrogen) atoms. The van der Waals surface area contributed by atoms with Crippen LogP contribution >= 0.6 is 0 Å². The topological polar surface area (TPSA) is 49.4 Å². The summed E-state index contributed by atoms with van der Waals surface area (Å²) >= 11 is 0. The van der Waals surface area contributed by atoms with Crippen molar-refractivity contribution in [3.05, 3.63) is 0 Å². The third-order valence-corrected chi connectivity index (χ3v) is 5.11. The molecule has 1 heterocycles. The molecule has 1 atom stereocenters. The van der Waals surface area contributed by atoms with Crippen molar-refractivity contribution in [1.82, 2.24) is 10.2 Å². The maximum Gasteiger partial charge on any atom is 0.245 e. The fourth-order valence-electron chi connectivity index (χ4n) is 3.48. The molecule has 0 aromatic carbocycles. The van der Waals surface area contributed by atoms with Gasteiger partial charge in [0.05, 0.1) is 0 Å². The number of carbonyl (C=O) groups is 2. The van der Waals surface area contributed by atoms with Crippen LogP contribution < -0.4 is 5.32 Å². The molecule has 2 amide bonds. The molecule has 0 spiro atoms. The van der Waals surface area contributed by atoms with Gasteiger partial charge in [0.1, 0.15) is 6.04 Å². The Labute approximate surface area is 128 Å². The second kappa shape index (κ2) is 7.28. The second-order valence-corrected chi connectivity index (χ2v) is 7.28. The van der Waals surface area contributed by atoms with Gasteiger partial charge in [-0.25, -0.2) is 0 Å². The summed E-state index contributed by atoms with van der Waals surface area (Å²) < 4.78 is 0. The highest BCUT2D eigenvalue weighted by Crippen LogP contribution is 2.30. The summed E-state index contributed by atoms with van der Waals surface area (Å²) in [6, 6.07) is -0.341. The van der Waals surface area contributed by atoms with Crippen LogP contribution in [-0.4, -0.2) is 35.8 Å². The first-order valence-corrected chi connectivity index (χ1v) is 8.55. The fourth-order valence-corrected chi connectivity index (χ4v) is 3.48. The van der Waals surface area contributed by atoms with Crippen LogP contribution in [0.3, 0.4) is 0 Å². The molecule has 2 aliphatic rings. The summed E-state index contributed by atoms with van der Waals surface area (Å²) in [6.45, 7) is 7.72. The summed E-state index contributed by atoms with van der Waals surface area (Å²) in [5.41, 5.74) is 0. The minimum atomic E-state index is -0.341. The number of nitrogens with zero attached hydrogens (tertiary/aromatic N) is 1. The third-order valence-electron chi connectivity index (χ3n) is 5.11. The van der Waals surface area contributed by atoms with Gasteiger partial charge in [-0.2, -0.15) is 0 Å². The zero-order valence-corrected chi connectivity index (χ0v) is 13.7. The minimum absolute atomic E-state index is 0.0102. The second-order valence-electron chi connectivity index (χ2n) is 7.28. The van der Waals surface area contributed by atoms with Crippen LogP contribution in [0.5, 0.6) is 0 Å². The predicted molar refractivity (Wildman–Crippen MR) is 83.7 cm³/mol. The molecule has 4 heteroatoms. The first kappa shape index (κ1) is 16.3. The fraction of sp³-hybridized carbons (Fsp3) is 0.882. The number of amides is 2. The average molecular weight is 294 g/mol. The molecule has 1 aliphatic carbocycles. The molecule has 1 unspecified atom stereocenters. The van der Waals surface area contributed by atoms with E-state index in [0.717, 1.165) is 24.8 Å². The highest BCUT2D eigenvalue weighted by Gasteiger charge is 2.32. The summed E-state index contributed by atoms with van der Waals surface area (Å²) in [5, 5.41) is 2.87. The molecule has 1 N–H and O–H groups in total. The van der Waals surface area contributed by atoms with E-state index < -0.39 is 0 Å². The number of hydrogen-bond donors (Lipinski definition) is 1. The zero-order chi connectivity index (χ0) is 15.4. The monoisotopic (exact) mass is 294 g/mol. The average Bonchev–Trinajstić information content (AvgIpc) is 2.59. The molecule has 120 valence electrons. The van der Waals surface area contributed by atoms with E-state index in [1.165, 1.54) is 25.7 Å². The lowest BCUT2D eigenvalue weighted by atomic mass is 9.81. The number of carbonyl (C=O) groups excluding carboxylic acids is 2. The molecule has 0 aromatic heterocycles. The number of rotatable bonds is 4. The predicted octanol–water partition coefficient (Wildman–Crippen LogP) is 2.58. The van der Waals surface area contributed by atoms with Gasteiger partial charge in [-0.05, 0) is 24.2 Å². The van der Waals surface area contributed by atoms with Gasteiger partial charge in [0.25, 0.3) is 0 Å². The Morgan fingerprint density at radius 2 is 1.86 bits per heavy atom. The molecule has 0 bridgehead atoms. The highest BCUT2D eigenvalue weighted by atomic mass is 16.2. The normalized spacial score (nSPS) is 31.2.